The molecule has 0 saturated carbocycles. The fourth-order valence-electron chi connectivity index (χ4n) is 2.56. The first-order chi connectivity index (χ1) is 12.9. The molecule has 1 N–H and O–H groups in total. The van der Waals surface area contributed by atoms with Gasteiger partial charge in [0.25, 0.3) is 0 Å². The molecule has 0 unspecified atom stereocenters. The molecule has 0 fully saturated rings. The summed E-state index contributed by atoms with van der Waals surface area (Å²) >= 11 is 1.64. The van der Waals surface area contributed by atoms with Gasteiger partial charge in [-0.3, -0.25) is 15.0 Å². The lowest BCUT2D eigenvalue weighted by Crippen LogP contribution is -2.08. The van der Waals surface area contributed by atoms with Crippen LogP contribution in [0.1, 0.15) is 5.56 Å². The highest BCUT2D eigenvalue weighted by Crippen LogP contribution is 2.32. The molecule has 4 rings (SSSR count). The molecule has 6 nitrogen and oxygen atoms in total. The molecular weight excluding hydrogens is 344 g/mol. The van der Waals surface area contributed by atoms with Gasteiger partial charge in [-0.15, -0.1) is 11.3 Å². The van der Waals surface area contributed by atoms with Crippen molar-refractivity contribution in [2.75, 3.05) is 11.9 Å². The Labute approximate surface area is 155 Å². The van der Waals surface area contributed by atoms with E-state index in [2.05, 4.69) is 25.3 Å². The fourth-order valence-corrected chi connectivity index (χ4v) is 3.29. The second-order valence-corrected chi connectivity index (χ2v) is 6.50. The molecule has 26 heavy (non-hydrogen) atoms. The van der Waals surface area contributed by atoms with E-state index in [0.29, 0.717) is 5.95 Å². The van der Waals surface area contributed by atoms with Gasteiger partial charge in [0, 0.05) is 43.1 Å². The van der Waals surface area contributed by atoms with Gasteiger partial charge in [-0.2, -0.15) is 0 Å². The molecule has 4 heterocycles. The highest BCUT2D eigenvalue weighted by molar-refractivity contribution is 7.13. The number of thiophene rings is 1. The van der Waals surface area contributed by atoms with Crippen molar-refractivity contribution in [2.24, 2.45) is 0 Å². The van der Waals surface area contributed by atoms with Gasteiger partial charge in [-0.05, 0) is 35.6 Å². The summed E-state index contributed by atoms with van der Waals surface area (Å²) in [6, 6.07) is 8.08. The van der Waals surface area contributed by atoms with Gasteiger partial charge >= 0.3 is 0 Å². The maximum atomic E-state index is 4.73. The Bertz CT molecular complexity index is 958. The molecule has 7 heteroatoms. The lowest BCUT2D eigenvalue weighted by atomic mass is 10.1. The molecule has 0 amide bonds. The summed E-state index contributed by atoms with van der Waals surface area (Å²) in [5.74, 6) is 0.607. The molecule has 0 aromatic carbocycles. The van der Waals surface area contributed by atoms with Crippen LogP contribution in [0.5, 0.6) is 0 Å². The largest absolute Gasteiger partial charge is 0.354 e. The van der Waals surface area contributed by atoms with Crippen molar-refractivity contribution in [3.8, 4) is 21.8 Å². The Hall–Kier alpha value is -3.19. The van der Waals surface area contributed by atoms with Gasteiger partial charge in [-0.1, -0.05) is 6.07 Å². The molecule has 0 atom stereocenters. The Morgan fingerprint density at radius 2 is 1.85 bits per heavy atom. The third-order valence-corrected chi connectivity index (χ3v) is 4.71. The smallest absolute Gasteiger partial charge is 0.223 e. The molecule has 0 saturated heterocycles. The van der Waals surface area contributed by atoms with Gasteiger partial charge < -0.3 is 5.32 Å². The monoisotopic (exact) mass is 360 g/mol. The van der Waals surface area contributed by atoms with E-state index < -0.39 is 0 Å². The van der Waals surface area contributed by atoms with Crippen LogP contribution in [-0.4, -0.2) is 31.5 Å². The van der Waals surface area contributed by atoms with Crippen LogP contribution in [0.3, 0.4) is 0 Å². The minimum atomic E-state index is 0.607. The van der Waals surface area contributed by atoms with E-state index >= 15 is 0 Å². The maximum absolute atomic E-state index is 4.73. The molecule has 0 spiro atoms. The number of aromatic nitrogens is 5. The highest BCUT2D eigenvalue weighted by Gasteiger charge is 2.13. The van der Waals surface area contributed by atoms with Crippen LogP contribution in [0.2, 0.25) is 0 Å². The molecule has 4 aromatic rings. The second kappa shape index (κ2) is 7.79. The predicted molar refractivity (Wildman–Crippen MR) is 103 cm³/mol. The Balaban J connectivity index is 1.58. The zero-order valence-electron chi connectivity index (χ0n) is 13.9. The van der Waals surface area contributed by atoms with E-state index in [-0.39, 0.29) is 0 Å². The lowest BCUT2D eigenvalue weighted by Gasteiger charge is -2.10. The Kier molecular flexibility index (Phi) is 4.88. The summed E-state index contributed by atoms with van der Waals surface area (Å²) in [7, 11) is 0. The topological polar surface area (TPSA) is 76.5 Å². The molecule has 128 valence electrons. The number of nitrogens with one attached hydrogen (secondary N) is 1. The average molecular weight is 360 g/mol. The first-order valence-electron chi connectivity index (χ1n) is 8.20. The van der Waals surface area contributed by atoms with E-state index in [1.165, 1.54) is 5.56 Å². The van der Waals surface area contributed by atoms with Crippen molar-refractivity contribution in [3.63, 3.8) is 0 Å². The molecule has 0 aliphatic rings. The van der Waals surface area contributed by atoms with Crippen molar-refractivity contribution in [1.82, 2.24) is 24.9 Å². The van der Waals surface area contributed by atoms with Crippen molar-refractivity contribution < 1.29 is 0 Å². The van der Waals surface area contributed by atoms with Crippen LogP contribution in [-0.2, 0) is 6.42 Å². The number of nitrogens with zero attached hydrogens (tertiary/aromatic N) is 5. The van der Waals surface area contributed by atoms with Gasteiger partial charge in [0.05, 0.1) is 22.5 Å². The van der Waals surface area contributed by atoms with E-state index in [4.69, 9.17) is 4.98 Å². The van der Waals surface area contributed by atoms with E-state index in [9.17, 15) is 0 Å². The number of anilines is 1. The summed E-state index contributed by atoms with van der Waals surface area (Å²) in [5.41, 5.74) is 3.73. The van der Waals surface area contributed by atoms with Crippen molar-refractivity contribution in [1.29, 1.82) is 0 Å². The van der Waals surface area contributed by atoms with Crippen LogP contribution in [0, 0.1) is 0 Å². The van der Waals surface area contributed by atoms with Gasteiger partial charge in [-0.25, -0.2) is 9.97 Å². The van der Waals surface area contributed by atoms with Crippen molar-refractivity contribution in [3.05, 3.63) is 72.4 Å². The SMILES string of the molecule is c1csc(-c2nc(NCCc3ccncc3)ncc2-c2cnccn2)c1. The van der Waals surface area contributed by atoms with E-state index in [1.54, 1.807) is 48.5 Å². The second-order valence-electron chi connectivity index (χ2n) is 5.56. The normalized spacial score (nSPS) is 10.6. The minimum Gasteiger partial charge on any atom is -0.354 e. The van der Waals surface area contributed by atoms with Crippen molar-refractivity contribution >= 4 is 17.3 Å². The summed E-state index contributed by atoms with van der Waals surface area (Å²) < 4.78 is 0. The van der Waals surface area contributed by atoms with E-state index in [1.807, 2.05) is 29.6 Å². The molecular formula is C19H16N6S. The Morgan fingerprint density at radius 3 is 2.62 bits per heavy atom. The standard InChI is InChI=1S/C19H16N6S/c1-2-17(26-11-1)18-15(16-13-21-9-10-22-16)12-24-19(25-18)23-8-5-14-3-6-20-7-4-14/h1-4,6-7,9-13H,5,8H2,(H,23,24,25). The quantitative estimate of drug-likeness (QED) is 0.565. The zero-order valence-corrected chi connectivity index (χ0v) is 14.7. The van der Waals surface area contributed by atoms with Gasteiger partial charge in [0.1, 0.15) is 0 Å². The first-order valence-corrected chi connectivity index (χ1v) is 9.08. The third kappa shape index (κ3) is 3.73. The summed E-state index contributed by atoms with van der Waals surface area (Å²) in [6.07, 6.45) is 11.4. The molecule has 0 aliphatic heterocycles. The number of hydrogen-bond acceptors (Lipinski definition) is 7. The van der Waals surface area contributed by atoms with Crippen LogP contribution >= 0.6 is 11.3 Å². The fraction of sp³-hybridized carbons (Fsp3) is 0.105. The number of pyridine rings is 1. The molecule has 4 aromatic heterocycles. The van der Waals surface area contributed by atoms with Crippen molar-refractivity contribution in [2.45, 2.75) is 6.42 Å². The minimum absolute atomic E-state index is 0.607. The van der Waals surface area contributed by atoms with Crippen LogP contribution in [0.15, 0.2) is 66.8 Å². The highest BCUT2D eigenvalue weighted by atomic mass is 32.1. The summed E-state index contributed by atoms with van der Waals surface area (Å²) in [4.78, 5) is 22.8. The Morgan fingerprint density at radius 1 is 0.923 bits per heavy atom. The summed E-state index contributed by atoms with van der Waals surface area (Å²) in [5, 5.41) is 5.34. The van der Waals surface area contributed by atoms with Gasteiger partial charge in [0.15, 0.2) is 0 Å². The van der Waals surface area contributed by atoms with Crippen LogP contribution in [0.25, 0.3) is 21.8 Å². The first kappa shape index (κ1) is 16.3. The molecule has 0 bridgehead atoms. The molecule has 0 aliphatic carbocycles. The maximum Gasteiger partial charge on any atom is 0.223 e. The predicted octanol–water partition coefficient (Wildman–Crippen LogP) is 3.71. The number of rotatable bonds is 6. The third-order valence-electron chi connectivity index (χ3n) is 3.83. The summed E-state index contributed by atoms with van der Waals surface area (Å²) in [6.45, 7) is 0.748. The van der Waals surface area contributed by atoms with Crippen LogP contribution in [0.4, 0.5) is 5.95 Å². The molecule has 0 radical (unpaired) electrons. The zero-order chi connectivity index (χ0) is 17.6. The van der Waals surface area contributed by atoms with E-state index in [0.717, 1.165) is 34.8 Å². The van der Waals surface area contributed by atoms with Crippen LogP contribution < -0.4 is 5.32 Å². The lowest BCUT2D eigenvalue weighted by molar-refractivity contribution is 0.980. The van der Waals surface area contributed by atoms with Gasteiger partial charge in [0.2, 0.25) is 5.95 Å². The number of hydrogen-bond donors (Lipinski definition) is 1. The average Bonchev–Trinajstić information content (AvgIpc) is 3.24.